The normalized spacial score (nSPS) is 20.2. The summed E-state index contributed by atoms with van der Waals surface area (Å²) in [7, 11) is 1.53. The standard InChI is InChI=1S/C31H41N3O5S/c1-19(2)11-12-25(39-5)31(38)34-18-24(35)28-23(34)15-16-33(28)30(37)22(17-20(3)4)32-29(36)27-14-13-26(40-27)21-9-7-6-8-10-21/h6-10,13-14,19-20,22-23,25,28H,11-12,15-18H2,1-5H3,(H,32,36). The Morgan fingerprint density at radius 1 is 0.975 bits per heavy atom. The van der Waals surface area contributed by atoms with Crippen LogP contribution in [0.2, 0.25) is 0 Å². The second-order valence-corrected chi connectivity index (χ2v) is 12.7. The number of ketones is 1. The molecule has 8 nitrogen and oxygen atoms in total. The molecule has 3 amide bonds. The number of amides is 3. The smallest absolute Gasteiger partial charge is 0.262 e. The number of carbonyl (C=O) groups is 4. The maximum Gasteiger partial charge on any atom is 0.262 e. The highest BCUT2D eigenvalue weighted by Crippen LogP contribution is 2.32. The summed E-state index contributed by atoms with van der Waals surface area (Å²) in [5.41, 5.74) is 1.03. The number of benzene rings is 1. The lowest BCUT2D eigenvalue weighted by Crippen LogP contribution is -2.53. The van der Waals surface area contributed by atoms with Gasteiger partial charge in [0.2, 0.25) is 5.91 Å². The molecular formula is C31H41N3O5S. The number of fused-ring (bicyclic) bond motifs is 1. The van der Waals surface area contributed by atoms with Crippen LogP contribution in [0.1, 0.15) is 63.0 Å². The Balaban J connectivity index is 1.46. The fourth-order valence-electron chi connectivity index (χ4n) is 5.71. The molecule has 1 aromatic carbocycles. The van der Waals surface area contributed by atoms with Gasteiger partial charge in [0.1, 0.15) is 18.2 Å². The Morgan fingerprint density at radius 2 is 1.70 bits per heavy atom. The number of carbonyl (C=O) groups excluding carboxylic acids is 4. The first-order valence-electron chi connectivity index (χ1n) is 14.2. The van der Waals surface area contributed by atoms with Crippen molar-refractivity contribution in [2.24, 2.45) is 11.8 Å². The van der Waals surface area contributed by atoms with Crippen molar-refractivity contribution in [1.29, 1.82) is 0 Å². The van der Waals surface area contributed by atoms with E-state index in [4.69, 9.17) is 4.74 Å². The van der Waals surface area contributed by atoms with Crippen LogP contribution in [0.15, 0.2) is 42.5 Å². The van der Waals surface area contributed by atoms with E-state index in [1.165, 1.54) is 18.4 Å². The summed E-state index contributed by atoms with van der Waals surface area (Å²) in [5.74, 6) is -0.299. The lowest BCUT2D eigenvalue weighted by molar-refractivity contribution is -0.144. The minimum Gasteiger partial charge on any atom is -0.372 e. The van der Waals surface area contributed by atoms with Crippen LogP contribution >= 0.6 is 11.3 Å². The highest BCUT2D eigenvalue weighted by atomic mass is 32.1. The van der Waals surface area contributed by atoms with E-state index >= 15 is 0 Å². The van der Waals surface area contributed by atoms with Gasteiger partial charge in [0.15, 0.2) is 5.78 Å². The highest BCUT2D eigenvalue weighted by molar-refractivity contribution is 7.17. The molecule has 2 aliphatic heterocycles. The van der Waals surface area contributed by atoms with Crippen LogP contribution in [0.3, 0.4) is 0 Å². The molecule has 4 unspecified atom stereocenters. The van der Waals surface area contributed by atoms with Crippen LogP contribution in [0.5, 0.6) is 0 Å². The summed E-state index contributed by atoms with van der Waals surface area (Å²) in [6.45, 7) is 8.55. The quantitative estimate of drug-likeness (QED) is 0.435. The first-order chi connectivity index (χ1) is 19.1. The predicted molar refractivity (Wildman–Crippen MR) is 156 cm³/mol. The molecule has 2 saturated heterocycles. The van der Waals surface area contributed by atoms with Gasteiger partial charge >= 0.3 is 0 Å². The molecule has 9 heteroatoms. The summed E-state index contributed by atoms with van der Waals surface area (Å²) in [6, 6.07) is 11.7. The number of hydrogen-bond acceptors (Lipinski definition) is 6. The van der Waals surface area contributed by atoms with E-state index in [-0.39, 0.29) is 42.0 Å². The molecule has 40 heavy (non-hydrogen) atoms. The average Bonchev–Trinajstić information content (AvgIpc) is 3.66. The van der Waals surface area contributed by atoms with Crippen LogP contribution in [-0.2, 0) is 19.1 Å². The molecule has 2 aromatic rings. The Bertz CT molecular complexity index is 1210. The van der Waals surface area contributed by atoms with E-state index < -0.39 is 18.2 Å². The number of hydrogen-bond donors (Lipinski definition) is 1. The van der Waals surface area contributed by atoms with Gasteiger partial charge in [-0.25, -0.2) is 0 Å². The topological polar surface area (TPSA) is 96.0 Å². The van der Waals surface area contributed by atoms with E-state index in [0.717, 1.165) is 16.9 Å². The molecule has 1 N–H and O–H groups in total. The zero-order valence-corrected chi connectivity index (χ0v) is 24.9. The van der Waals surface area contributed by atoms with Crippen molar-refractivity contribution >= 4 is 34.8 Å². The van der Waals surface area contributed by atoms with Crippen LogP contribution < -0.4 is 5.32 Å². The van der Waals surface area contributed by atoms with Gasteiger partial charge in [-0.2, -0.15) is 0 Å². The van der Waals surface area contributed by atoms with Gasteiger partial charge in [-0.1, -0.05) is 58.0 Å². The number of Topliss-reactive ketones (excluding diaryl/α,β-unsaturated/α-hetero) is 1. The maximum absolute atomic E-state index is 13.8. The zero-order valence-electron chi connectivity index (χ0n) is 24.1. The lowest BCUT2D eigenvalue weighted by Gasteiger charge is -2.29. The Morgan fingerprint density at radius 3 is 2.35 bits per heavy atom. The molecular weight excluding hydrogens is 526 g/mol. The molecule has 4 rings (SSSR count). The van der Waals surface area contributed by atoms with Crippen molar-refractivity contribution in [3.8, 4) is 10.4 Å². The molecule has 0 bridgehead atoms. The zero-order chi connectivity index (χ0) is 29.0. The van der Waals surface area contributed by atoms with Crippen molar-refractivity contribution in [3.63, 3.8) is 0 Å². The third kappa shape index (κ3) is 6.63. The van der Waals surface area contributed by atoms with Crippen molar-refractivity contribution in [2.45, 2.75) is 77.6 Å². The fraction of sp³-hybridized carbons (Fsp3) is 0.548. The fourth-order valence-corrected chi connectivity index (χ4v) is 6.62. The minimum absolute atomic E-state index is 0.0157. The van der Waals surface area contributed by atoms with Crippen molar-refractivity contribution in [3.05, 3.63) is 47.3 Å². The van der Waals surface area contributed by atoms with Gasteiger partial charge in [-0.3, -0.25) is 19.2 Å². The van der Waals surface area contributed by atoms with Gasteiger partial charge < -0.3 is 19.9 Å². The number of methoxy groups -OCH3 is 1. The van der Waals surface area contributed by atoms with E-state index in [2.05, 4.69) is 19.2 Å². The minimum atomic E-state index is -0.760. The lowest BCUT2D eigenvalue weighted by atomic mass is 10.0. The molecule has 216 valence electrons. The van der Waals surface area contributed by atoms with Crippen LogP contribution in [-0.4, -0.2) is 77.7 Å². The van der Waals surface area contributed by atoms with Crippen molar-refractivity contribution in [2.75, 3.05) is 20.2 Å². The molecule has 1 aromatic heterocycles. The SMILES string of the molecule is COC(CCC(C)C)C(=O)N1CC(=O)C2C1CCN2C(=O)C(CC(C)C)NC(=O)c1ccc(-c2ccccc2)s1. The van der Waals surface area contributed by atoms with E-state index in [9.17, 15) is 19.2 Å². The first kappa shape index (κ1) is 29.9. The molecule has 4 atom stereocenters. The molecule has 0 radical (unpaired) electrons. The summed E-state index contributed by atoms with van der Waals surface area (Å²) < 4.78 is 5.50. The van der Waals surface area contributed by atoms with Gasteiger partial charge in [0.25, 0.3) is 11.8 Å². The summed E-state index contributed by atoms with van der Waals surface area (Å²) in [4.78, 5) is 58.3. The highest BCUT2D eigenvalue weighted by Gasteiger charge is 2.53. The summed E-state index contributed by atoms with van der Waals surface area (Å²) in [5, 5.41) is 2.96. The average molecular weight is 568 g/mol. The van der Waals surface area contributed by atoms with Gasteiger partial charge in [-0.15, -0.1) is 11.3 Å². The maximum atomic E-state index is 13.8. The molecule has 0 spiro atoms. The van der Waals surface area contributed by atoms with E-state index in [1.54, 1.807) is 15.9 Å². The Labute approximate surface area is 241 Å². The predicted octanol–water partition coefficient (Wildman–Crippen LogP) is 4.39. The molecule has 0 aliphatic carbocycles. The first-order valence-corrected chi connectivity index (χ1v) is 15.0. The van der Waals surface area contributed by atoms with E-state index in [0.29, 0.717) is 36.6 Å². The number of ether oxygens (including phenoxy) is 1. The number of nitrogens with zero attached hydrogens (tertiary/aromatic N) is 2. The third-order valence-electron chi connectivity index (χ3n) is 7.75. The van der Waals surface area contributed by atoms with Crippen LogP contribution in [0.4, 0.5) is 0 Å². The van der Waals surface area contributed by atoms with E-state index in [1.807, 2.05) is 50.2 Å². The molecule has 2 fully saturated rings. The second-order valence-electron chi connectivity index (χ2n) is 11.6. The Kier molecular flexibility index (Phi) is 9.79. The van der Waals surface area contributed by atoms with Crippen molar-refractivity contribution < 1.29 is 23.9 Å². The van der Waals surface area contributed by atoms with Gasteiger partial charge in [0.05, 0.1) is 17.5 Å². The van der Waals surface area contributed by atoms with Gasteiger partial charge in [0, 0.05) is 18.5 Å². The number of likely N-dealkylation sites (tertiary alicyclic amines) is 2. The number of nitrogens with one attached hydrogen (secondary N) is 1. The number of rotatable bonds is 11. The van der Waals surface area contributed by atoms with Crippen molar-refractivity contribution in [1.82, 2.24) is 15.1 Å². The van der Waals surface area contributed by atoms with Crippen LogP contribution in [0.25, 0.3) is 10.4 Å². The third-order valence-corrected chi connectivity index (χ3v) is 8.89. The summed E-state index contributed by atoms with van der Waals surface area (Å²) >= 11 is 1.38. The molecule has 2 aliphatic rings. The largest absolute Gasteiger partial charge is 0.372 e. The molecule has 3 heterocycles. The Hall–Kier alpha value is -3.04. The summed E-state index contributed by atoms with van der Waals surface area (Å²) in [6.07, 6.45) is 1.82. The van der Waals surface area contributed by atoms with Gasteiger partial charge in [-0.05, 0) is 55.2 Å². The van der Waals surface area contributed by atoms with Crippen LogP contribution in [0, 0.1) is 11.8 Å². The second kappa shape index (κ2) is 13.1. The molecule has 0 saturated carbocycles. The monoisotopic (exact) mass is 567 g/mol. The number of thiophene rings is 1.